The van der Waals surface area contributed by atoms with Crippen molar-refractivity contribution in [3.8, 4) is 11.3 Å². The van der Waals surface area contributed by atoms with Crippen LogP contribution in [0.1, 0.15) is 23.0 Å². The number of rotatable bonds is 3. The first-order valence-corrected chi connectivity index (χ1v) is 6.35. The number of Topliss-reactive ketones (excluding diaryl/α,β-unsaturated/α-hetero) is 1. The number of ketones is 1. The highest BCUT2D eigenvalue weighted by molar-refractivity contribution is 9.10. The molecule has 1 heterocycles. The molecule has 0 saturated heterocycles. The van der Waals surface area contributed by atoms with E-state index in [0.717, 1.165) is 0 Å². The van der Waals surface area contributed by atoms with Gasteiger partial charge in [-0.25, -0.2) is 0 Å². The lowest BCUT2D eigenvalue weighted by molar-refractivity contribution is -0.384. The fourth-order valence-electron chi connectivity index (χ4n) is 2.04. The third-order valence-corrected chi connectivity index (χ3v) is 3.64. The number of aromatic amines is 1. The van der Waals surface area contributed by atoms with Crippen molar-refractivity contribution in [1.82, 2.24) is 4.98 Å². The van der Waals surface area contributed by atoms with Crippen LogP contribution in [-0.4, -0.2) is 15.7 Å². The number of hydrogen-bond donors (Lipinski definition) is 1. The number of para-hydroxylation sites is 1. The lowest BCUT2D eigenvalue weighted by Crippen LogP contribution is -1.93. The molecule has 98 valence electrons. The van der Waals surface area contributed by atoms with Gasteiger partial charge in [-0.2, -0.15) is 0 Å². The Morgan fingerprint density at radius 2 is 2.00 bits per heavy atom. The number of hydrogen-bond acceptors (Lipinski definition) is 3. The largest absolute Gasteiger partial charge is 0.357 e. The molecule has 0 aliphatic heterocycles. The molecule has 6 heteroatoms. The van der Waals surface area contributed by atoms with Crippen molar-refractivity contribution in [2.75, 3.05) is 0 Å². The first-order chi connectivity index (χ1) is 8.93. The summed E-state index contributed by atoms with van der Waals surface area (Å²) in [4.78, 5) is 25.2. The molecule has 0 aliphatic carbocycles. The van der Waals surface area contributed by atoms with Gasteiger partial charge in [0.25, 0.3) is 5.69 Å². The second kappa shape index (κ2) is 4.97. The van der Waals surface area contributed by atoms with Gasteiger partial charge in [0.2, 0.25) is 0 Å². The Bertz CT molecular complexity index is 677. The predicted molar refractivity (Wildman–Crippen MR) is 75.3 cm³/mol. The number of carbonyl (C=O) groups is 1. The van der Waals surface area contributed by atoms with Crippen LogP contribution in [0.2, 0.25) is 0 Å². The quantitative estimate of drug-likeness (QED) is 0.529. The summed E-state index contributed by atoms with van der Waals surface area (Å²) in [5, 5.41) is 11.0. The summed E-state index contributed by atoms with van der Waals surface area (Å²) in [6, 6.07) is 6.42. The van der Waals surface area contributed by atoms with Crippen LogP contribution in [0.5, 0.6) is 0 Å². The summed E-state index contributed by atoms with van der Waals surface area (Å²) < 4.78 is 0.562. The molecule has 2 aromatic rings. The summed E-state index contributed by atoms with van der Waals surface area (Å²) >= 11 is 3.35. The number of aromatic nitrogens is 1. The molecule has 0 aliphatic rings. The molecule has 0 radical (unpaired) electrons. The van der Waals surface area contributed by atoms with E-state index in [-0.39, 0.29) is 11.5 Å². The summed E-state index contributed by atoms with van der Waals surface area (Å²) in [5.41, 5.74) is 2.21. The molecule has 0 amide bonds. The summed E-state index contributed by atoms with van der Waals surface area (Å²) in [5.74, 6) is -0.0922. The third kappa shape index (κ3) is 2.31. The highest BCUT2D eigenvalue weighted by Crippen LogP contribution is 2.37. The minimum atomic E-state index is -0.439. The zero-order valence-electron chi connectivity index (χ0n) is 10.4. The number of nitro groups is 1. The van der Waals surface area contributed by atoms with Gasteiger partial charge in [0, 0.05) is 11.8 Å². The Labute approximate surface area is 117 Å². The Morgan fingerprint density at radius 1 is 1.37 bits per heavy atom. The van der Waals surface area contributed by atoms with E-state index in [0.29, 0.717) is 27.0 Å². The number of halogens is 1. The molecule has 0 fully saturated rings. The number of nitrogens with zero attached hydrogens (tertiary/aromatic N) is 1. The standard InChI is InChI=1S/C13H11BrN2O3/c1-7-11(8(2)17)12(14)13(15-7)9-5-3-4-6-10(9)16(18)19/h3-6,15H,1-2H3. The maximum atomic E-state index is 11.6. The van der Waals surface area contributed by atoms with E-state index in [4.69, 9.17) is 0 Å². The minimum absolute atomic E-state index is 0.000415. The summed E-state index contributed by atoms with van der Waals surface area (Å²) in [6.45, 7) is 3.23. The molecule has 2 rings (SSSR count). The van der Waals surface area contributed by atoms with Crippen molar-refractivity contribution in [2.45, 2.75) is 13.8 Å². The summed E-state index contributed by atoms with van der Waals surface area (Å²) in [7, 11) is 0. The third-order valence-electron chi connectivity index (χ3n) is 2.85. The highest BCUT2D eigenvalue weighted by Gasteiger charge is 2.22. The fraction of sp³-hybridized carbons (Fsp3) is 0.154. The Kier molecular flexibility index (Phi) is 3.53. The van der Waals surface area contributed by atoms with Gasteiger partial charge < -0.3 is 4.98 Å². The van der Waals surface area contributed by atoms with Crippen LogP contribution in [0.4, 0.5) is 5.69 Å². The van der Waals surface area contributed by atoms with Gasteiger partial charge in [-0.1, -0.05) is 12.1 Å². The van der Waals surface area contributed by atoms with E-state index in [1.54, 1.807) is 25.1 Å². The lowest BCUT2D eigenvalue weighted by Gasteiger charge is -2.01. The van der Waals surface area contributed by atoms with Crippen LogP contribution in [0, 0.1) is 17.0 Å². The van der Waals surface area contributed by atoms with Gasteiger partial charge in [0.05, 0.1) is 26.2 Å². The molecule has 0 bridgehead atoms. The zero-order chi connectivity index (χ0) is 14.2. The number of nitro benzene ring substituents is 1. The van der Waals surface area contributed by atoms with E-state index in [9.17, 15) is 14.9 Å². The maximum absolute atomic E-state index is 11.6. The smallest absolute Gasteiger partial charge is 0.278 e. The Balaban J connectivity index is 2.70. The molecule has 1 aromatic carbocycles. The molecule has 0 atom stereocenters. The van der Waals surface area contributed by atoms with E-state index < -0.39 is 4.92 Å². The van der Waals surface area contributed by atoms with Gasteiger partial charge in [-0.15, -0.1) is 0 Å². The molecular formula is C13H11BrN2O3. The SMILES string of the molecule is CC(=O)c1c(C)[nH]c(-c2ccccc2[N+](=O)[O-])c1Br. The zero-order valence-corrected chi connectivity index (χ0v) is 11.9. The highest BCUT2D eigenvalue weighted by atomic mass is 79.9. The minimum Gasteiger partial charge on any atom is -0.357 e. The number of aryl methyl sites for hydroxylation is 1. The van der Waals surface area contributed by atoms with Crippen LogP contribution < -0.4 is 0 Å². The number of nitrogens with one attached hydrogen (secondary N) is 1. The average Bonchev–Trinajstić information content (AvgIpc) is 2.64. The van der Waals surface area contributed by atoms with Crippen LogP contribution in [-0.2, 0) is 0 Å². The monoisotopic (exact) mass is 322 g/mol. The first kappa shape index (κ1) is 13.5. The van der Waals surface area contributed by atoms with Gasteiger partial charge in [-0.3, -0.25) is 14.9 Å². The Morgan fingerprint density at radius 3 is 2.53 bits per heavy atom. The maximum Gasteiger partial charge on any atom is 0.278 e. The van der Waals surface area contributed by atoms with Crippen LogP contribution in [0.3, 0.4) is 0 Å². The van der Waals surface area contributed by atoms with Crippen molar-refractivity contribution in [1.29, 1.82) is 0 Å². The van der Waals surface area contributed by atoms with Crippen LogP contribution >= 0.6 is 15.9 Å². The van der Waals surface area contributed by atoms with E-state index in [2.05, 4.69) is 20.9 Å². The number of H-pyrrole nitrogens is 1. The lowest BCUT2D eigenvalue weighted by atomic mass is 10.1. The van der Waals surface area contributed by atoms with Crippen molar-refractivity contribution < 1.29 is 9.72 Å². The second-order valence-electron chi connectivity index (χ2n) is 4.14. The van der Waals surface area contributed by atoms with Crippen LogP contribution in [0.15, 0.2) is 28.7 Å². The average molecular weight is 323 g/mol. The second-order valence-corrected chi connectivity index (χ2v) is 4.94. The normalized spacial score (nSPS) is 10.5. The van der Waals surface area contributed by atoms with E-state index in [1.165, 1.54) is 13.0 Å². The van der Waals surface area contributed by atoms with Crippen LogP contribution in [0.25, 0.3) is 11.3 Å². The van der Waals surface area contributed by atoms with Crippen molar-refractivity contribution >= 4 is 27.4 Å². The van der Waals surface area contributed by atoms with Crippen molar-refractivity contribution in [3.63, 3.8) is 0 Å². The van der Waals surface area contributed by atoms with Gasteiger partial charge in [0.1, 0.15) is 0 Å². The molecule has 1 aromatic heterocycles. The fourth-order valence-corrected chi connectivity index (χ4v) is 2.93. The first-order valence-electron chi connectivity index (χ1n) is 5.56. The van der Waals surface area contributed by atoms with E-state index in [1.807, 2.05) is 0 Å². The molecule has 0 unspecified atom stereocenters. The number of benzene rings is 1. The van der Waals surface area contributed by atoms with Crippen molar-refractivity contribution in [2.24, 2.45) is 0 Å². The van der Waals surface area contributed by atoms with Gasteiger partial charge in [-0.05, 0) is 35.8 Å². The Hall–Kier alpha value is -1.95. The van der Waals surface area contributed by atoms with E-state index >= 15 is 0 Å². The molecular weight excluding hydrogens is 312 g/mol. The molecule has 5 nitrogen and oxygen atoms in total. The molecule has 0 saturated carbocycles. The van der Waals surface area contributed by atoms with Crippen molar-refractivity contribution in [3.05, 3.63) is 50.1 Å². The molecule has 0 spiro atoms. The van der Waals surface area contributed by atoms with Gasteiger partial charge in [0.15, 0.2) is 5.78 Å². The molecule has 1 N–H and O–H groups in total. The number of carbonyl (C=O) groups excluding carboxylic acids is 1. The topological polar surface area (TPSA) is 76.0 Å². The summed E-state index contributed by atoms with van der Waals surface area (Å²) in [6.07, 6.45) is 0. The predicted octanol–water partition coefficient (Wildman–Crippen LogP) is 3.86. The molecule has 19 heavy (non-hydrogen) atoms. The van der Waals surface area contributed by atoms with Gasteiger partial charge >= 0.3 is 0 Å².